The summed E-state index contributed by atoms with van der Waals surface area (Å²) in [6.07, 6.45) is 0.575. The molecule has 0 aliphatic carbocycles. The highest BCUT2D eigenvalue weighted by atomic mass is 16.6. The van der Waals surface area contributed by atoms with Gasteiger partial charge in [-0.25, -0.2) is 4.79 Å². The summed E-state index contributed by atoms with van der Waals surface area (Å²) in [7, 11) is 0. The van der Waals surface area contributed by atoms with Crippen molar-refractivity contribution in [3.8, 4) is 0 Å². The molecule has 31 heavy (non-hydrogen) atoms. The van der Waals surface area contributed by atoms with Gasteiger partial charge in [0.2, 0.25) is 11.8 Å². The number of ether oxygens (including phenoxy) is 1. The Kier molecular flexibility index (Phi) is 8.61. The SMILES string of the molecule is Cc1ccc(CCC(=O)Nc2cccc(NC(=O)CCNC(=O)OC(C)(C)C)c2)cc1. The lowest BCUT2D eigenvalue weighted by Crippen LogP contribution is -2.34. The quantitative estimate of drug-likeness (QED) is 0.583. The number of hydrogen-bond acceptors (Lipinski definition) is 4. The van der Waals surface area contributed by atoms with Gasteiger partial charge in [-0.05, 0) is 57.9 Å². The van der Waals surface area contributed by atoms with Crippen molar-refractivity contribution in [3.05, 3.63) is 59.7 Å². The van der Waals surface area contributed by atoms with E-state index in [1.807, 2.05) is 31.2 Å². The van der Waals surface area contributed by atoms with Crippen LogP contribution >= 0.6 is 0 Å². The van der Waals surface area contributed by atoms with Crippen LogP contribution in [0, 0.1) is 6.92 Å². The molecule has 0 saturated carbocycles. The zero-order chi connectivity index (χ0) is 22.9. The van der Waals surface area contributed by atoms with Crippen molar-refractivity contribution >= 4 is 29.3 Å². The van der Waals surface area contributed by atoms with Gasteiger partial charge in [0.05, 0.1) is 0 Å². The van der Waals surface area contributed by atoms with Gasteiger partial charge in [0.15, 0.2) is 0 Å². The fourth-order valence-electron chi connectivity index (χ4n) is 2.73. The first kappa shape index (κ1) is 23.9. The van der Waals surface area contributed by atoms with E-state index in [0.29, 0.717) is 24.2 Å². The van der Waals surface area contributed by atoms with Crippen molar-refractivity contribution in [2.75, 3.05) is 17.2 Å². The minimum atomic E-state index is -0.586. The minimum absolute atomic E-state index is 0.0920. The predicted octanol–water partition coefficient (Wildman–Crippen LogP) is 4.42. The third kappa shape index (κ3) is 9.80. The third-order valence-corrected chi connectivity index (χ3v) is 4.21. The Balaban J connectivity index is 1.76. The highest BCUT2D eigenvalue weighted by Gasteiger charge is 2.16. The molecule has 0 fully saturated rings. The summed E-state index contributed by atoms with van der Waals surface area (Å²) in [6.45, 7) is 7.50. The maximum absolute atomic E-state index is 12.2. The van der Waals surface area contributed by atoms with Crippen LogP contribution in [-0.2, 0) is 20.7 Å². The van der Waals surface area contributed by atoms with Crippen molar-refractivity contribution < 1.29 is 19.1 Å². The molecule has 3 N–H and O–H groups in total. The zero-order valence-corrected chi connectivity index (χ0v) is 18.6. The molecule has 0 unspecified atom stereocenters. The monoisotopic (exact) mass is 425 g/mol. The lowest BCUT2D eigenvalue weighted by molar-refractivity contribution is -0.116. The molecule has 7 nitrogen and oxygen atoms in total. The number of benzene rings is 2. The van der Waals surface area contributed by atoms with E-state index in [0.717, 1.165) is 5.56 Å². The van der Waals surface area contributed by atoms with Crippen molar-refractivity contribution in [1.82, 2.24) is 5.32 Å². The second-order valence-corrected chi connectivity index (χ2v) is 8.34. The Morgan fingerprint density at radius 2 is 1.45 bits per heavy atom. The smallest absolute Gasteiger partial charge is 0.407 e. The van der Waals surface area contributed by atoms with E-state index in [1.165, 1.54) is 5.56 Å². The molecule has 166 valence electrons. The molecule has 2 rings (SSSR count). The lowest BCUT2D eigenvalue weighted by atomic mass is 10.1. The van der Waals surface area contributed by atoms with Gasteiger partial charge in [0, 0.05) is 30.8 Å². The van der Waals surface area contributed by atoms with Gasteiger partial charge in [-0.1, -0.05) is 35.9 Å². The number of nitrogens with one attached hydrogen (secondary N) is 3. The van der Waals surface area contributed by atoms with Gasteiger partial charge in [0.25, 0.3) is 0 Å². The third-order valence-electron chi connectivity index (χ3n) is 4.21. The summed E-state index contributed by atoms with van der Waals surface area (Å²) >= 11 is 0. The van der Waals surface area contributed by atoms with Crippen LogP contribution < -0.4 is 16.0 Å². The van der Waals surface area contributed by atoms with Crippen LogP contribution in [0.5, 0.6) is 0 Å². The Morgan fingerprint density at radius 3 is 2.03 bits per heavy atom. The topological polar surface area (TPSA) is 96.5 Å². The zero-order valence-electron chi connectivity index (χ0n) is 18.6. The van der Waals surface area contributed by atoms with E-state index in [9.17, 15) is 14.4 Å². The first-order valence-electron chi connectivity index (χ1n) is 10.3. The first-order chi connectivity index (χ1) is 14.6. The number of aryl methyl sites for hydroxylation is 2. The molecular formula is C24H31N3O4. The van der Waals surface area contributed by atoms with Crippen LogP contribution in [0.1, 0.15) is 44.7 Å². The maximum Gasteiger partial charge on any atom is 0.407 e. The molecule has 0 heterocycles. The Hall–Kier alpha value is -3.35. The summed E-state index contributed by atoms with van der Waals surface area (Å²) in [5, 5.41) is 8.16. The van der Waals surface area contributed by atoms with E-state index < -0.39 is 11.7 Å². The van der Waals surface area contributed by atoms with Gasteiger partial charge < -0.3 is 20.7 Å². The van der Waals surface area contributed by atoms with Gasteiger partial charge in [-0.15, -0.1) is 0 Å². The van der Waals surface area contributed by atoms with Gasteiger partial charge in [-0.2, -0.15) is 0 Å². The fourth-order valence-corrected chi connectivity index (χ4v) is 2.73. The summed E-state index contributed by atoms with van der Waals surface area (Å²) in [5.41, 5.74) is 2.89. The number of rotatable bonds is 8. The van der Waals surface area contributed by atoms with Gasteiger partial charge in [0.1, 0.15) is 5.60 Å². The Bertz CT molecular complexity index is 902. The Morgan fingerprint density at radius 1 is 0.871 bits per heavy atom. The largest absolute Gasteiger partial charge is 0.444 e. The molecular weight excluding hydrogens is 394 g/mol. The van der Waals surface area contributed by atoms with E-state index in [2.05, 4.69) is 16.0 Å². The van der Waals surface area contributed by atoms with E-state index in [4.69, 9.17) is 4.74 Å². The number of alkyl carbamates (subject to hydrolysis) is 1. The molecule has 3 amide bonds. The predicted molar refractivity (Wildman–Crippen MR) is 122 cm³/mol. The fraction of sp³-hybridized carbons (Fsp3) is 0.375. The van der Waals surface area contributed by atoms with E-state index in [1.54, 1.807) is 45.0 Å². The highest BCUT2D eigenvalue weighted by Crippen LogP contribution is 2.16. The molecule has 0 saturated heterocycles. The molecule has 2 aromatic carbocycles. The summed E-state index contributed by atoms with van der Waals surface area (Å²) in [5.74, 6) is -0.343. The van der Waals surface area contributed by atoms with Crippen LogP contribution in [0.15, 0.2) is 48.5 Å². The maximum atomic E-state index is 12.2. The number of anilines is 2. The molecule has 0 aromatic heterocycles. The van der Waals surface area contributed by atoms with Crippen LogP contribution in [0.25, 0.3) is 0 Å². The molecule has 2 aromatic rings. The summed E-state index contributed by atoms with van der Waals surface area (Å²) < 4.78 is 5.12. The first-order valence-corrected chi connectivity index (χ1v) is 10.3. The van der Waals surface area contributed by atoms with Gasteiger partial charge in [-0.3, -0.25) is 9.59 Å². The van der Waals surface area contributed by atoms with Gasteiger partial charge >= 0.3 is 6.09 Å². The summed E-state index contributed by atoms with van der Waals surface area (Å²) in [6, 6.07) is 15.1. The number of carbonyl (C=O) groups excluding carboxylic acids is 3. The molecule has 0 aliphatic heterocycles. The van der Waals surface area contributed by atoms with Crippen LogP contribution in [0.3, 0.4) is 0 Å². The van der Waals surface area contributed by atoms with Crippen molar-refractivity contribution in [2.24, 2.45) is 0 Å². The summed E-state index contributed by atoms with van der Waals surface area (Å²) in [4.78, 5) is 35.9. The standard InChI is InChI=1S/C24H31N3O4/c1-17-8-10-18(11-9-17)12-13-21(28)26-19-6-5-7-20(16-19)27-22(29)14-15-25-23(30)31-24(2,3)4/h5-11,16H,12-15H2,1-4H3,(H,25,30)(H,26,28)(H,27,29). The molecule has 7 heteroatoms. The molecule has 0 atom stereocenters. The number of hydrogen-bond donors (Lipinski definition) is 3. The molecule has 0 aliphatic rings. The van der Waals surface area contributed by atoms with E-state index >= 15 is 0 Å². The average Bonchev–Trinajstić information content (AvgIpc) is 2.66. The minimum Gasteiger partial charge on any atom is -0.444 e. The van der Waals surface area contributed by atoms with Crippen molar-refractivity contribution in [3.63, 3.8) is 0 Å². The second kappa shape index (κ2) is 11.2. The lowest BCUT2D eigenvalue weighted by Gasteiger charge is -2.19. The molecule has 0 bridgehead atoms. The highest BCUT2D eigenvalue weighted by molar-refractivity contribution is 5.94. The Labute approximate surface area is 183 Å². The normalized spacial score (nSPS) is 10.8. The average molecular weight is 426 g/mol. The molecule has 0 radical (unpaired) electrons. The van der Waals surface area contributed by atoms with Crippen molar-refractivity contribution in [2.45, 2.75) is 52.6 Å². The van der Waals surface area contributed by atoms with E-state index in [-0.39, 0.29) is 24.8 Å². The van der Waals surface area contributed by atoms with Crippen LogP contribution in [-0.4, -0.2) is 30.1 Å². The molecule has 0 spiro atoms. The van der Waals surface area contributed by atoms with Crippen LogP contribution in [0.2, 0.25) is 0 Å². The van der Waals surface area contributed by atoms with Crippen LogP contribution in [0.4, 0.5) is 16.2 Å². The second-order valence-electron chi connectivity index (χ2n) is 8.34. The number of carbonyl (C=O) groups is 3. The van der Waals surface area contributed by atoms with Crippen molar-refractivity contribution in [1.29, 1.82) is 0 Å². The number of amides is 3.